The predicted octanol–water partition coefficient (Wildman–Crippen LogP) is 3.80. The highest BCUT2D eigenvalue weighted by atomic mass is 127. The SMILES string of the molecule is CCNC(=NCC1(c2ccc(Cl)cc2)CCCC1)N1CC[C@@H](O)C1.I. The van der Waals surface area contributed by atoms with Gasteiger partial charge in [-0.3, -0.25) is 4.99 Å². The first-order valence-corrected chi connectivity index (χ1v) is 9.48. The van der Waals surface area contributed by atoms with Crippen molar-refractivity contribution in [1.82, 2.24) is 10.2 Å². The number of hydrogen-bond donors (Lipinski definition) is 2. The molecular weight excluding hydrogens is 449 g/mol. The smallest absolute Gasteiger partial charge is 0.194 e. The summed E-state index contributed by atoms with van der Waals surface area (Å²) in [6.07, 6.45) is 5.48. The van der Waals surface area contributed by atoms with Gasteiger partial charge in [-0.1, -0.05) is 36.6 Å². The van der Waals surface area contributed by atoms with Crippen molar-refractivity contribution in [2.45, 2.75) is 50.5 Å². The van der Waals surface area contributed by atoms with Gasteiger partial charge in [-0.15, -0.1) is 24.0 Å². The van der Waals surface area contributed by atoms with E-state index in [4.69, 9.17) is 16.6 Å². The number of aliphatic imine (C=N–C) groups is 1. The number of nitrogens with zero attached hydrogens (tertiary/aromatic N) is 2. The first-order chi connectivity index (χ1) is 11.6. The molecule has 1 aromatic rings. The Labute approximate surface area is 173 Å². The summed E-state index contributed by atoms with van der Waals surface area (Å²) >= 11 is 6.06. The van der Waals surface area contributed by atoms with Crippen molar-refractivity contribution >= 4 is 41.5 Å². The van der Waals surface area contributed by atoms with Gasteiger partial charge in [-0.05, 0) is 43.9 Å². The number of aliphatic hydroxyl groups is 1. The fourth-order valence-electron chi connectivity index (χ4n) is 3.98. The molecule has 0 bridgehead atoms. The second kappa shape index (κ2) is 9.42. The number of likely N-dealkylation sites (tertiary alicyclic amines) is 1. The van der Waals surface area contributed by atoms with Gasteiger partial charge in [0.05, 0.1) is 12.6 Å². The normalized spacial score (nSPS) is 22.8. The van der Waals surface area contributed by atoms with Gasteiger partial charge >= 0.3 is 0 Å². The molecule has 1 aromatic carbocycles. The molecular formula is C19H29ClIN3O. The van der Waals surface area contributed by atoms with Crippen molar-refractivity contribution in [2.24, 2.45) is 4.99 Å². The maximum absolute atomic E-state index is 9.81. The fourth-order valence-corrected chi connectivity index (χ4v) is 4.11. The fraction of sp³-hybridized carbons (Fsp3) is 0.632. The lowest BCUT2D eigenvalue weighted by Gasteiger charge is -2.29. The van der Waals surface area contributed by atoms with E-state index in [0.29, 0.717) is 6.54 Å². The number of rotatable bonds is 4. The van der Waals surface area contributed by atoms with Crippen LogP contribution in [0.5, 0.6) is 0 Å². The van der Waals surface area contributed by atoms with Crippen molar-refractivity contribution in [2.75, 3.05) is 26.2 Å². The molecule has 3 rings (SSSR count). The Hall–Kier alpha value is -0.530. The summed E-state index contributed by atoms with van der Waals surface area (Å²) in [5.74, 6) is 0.939. The second-order valence-electron chi connectivity index (χ2n) is 7.05. The lowest BCUT2D eigenvalue weighted by atomic mass is 9.79. The predicted molar refractivity (Wildman–Crippen MR) is 115 cm³/mol. The van der Waals surface area contributed by atoms with Crippen LogP contribution in [-0.4, -0.2) is 48.2 Å². The molecule has 0 unspecified atom stereocenters. The lowest BCUT2D eigenvalue weighted by Crippen LogP contribution is -2.41. The molecule has 6 heteroatoms. The summed E-state index contributed by atoms with van der Waals surface area (Å²) in [7, 11) is 0. The molecule has 1 saturated carbocycles. The van der Waals surface area contributed by atoms with Gasteiger partial charge in [0.2, 0.25) is 0 Å². The van der Waals surface area contributed by atoms with Crippen molar-refractivity contribution < 1.29 is 5.11 Å². The maximum atomic E-state index is 9.81. The zero-order valence-corrected chi connectivity index (χ0v) is 18.0. The van der Waals surface area contributed by atoms with Gasteiger partial charge in [-0.2, -0.15) is 0 Å². The Morgan fingerprint density at radius 3 is 2.56 bits per heavy atom. The lowest BCUT2D eigenvalue weighted by molar-refractivity contribution is 0.187. The number of hydrogen-bond acceptors (Lipinski definition) is 2. The van der Waals surface area contributed by atoms with Crippen molar-refractivity contribution in [1.29, 1.82) is 0 Å². The number of benzene rings is 1. The topological polar surface area (TPSA) is 47.9 Å². The molecule has 140 valence electrons. The summed E-state index contributed by atoms with van der Waals surface area (Å²) in [6.45, 7) is 5.29. The van der Waals surface area contributed by atoms with Crippen LogP contribution in [0.1, 0.15) is 44.6 Å². The number of guanidine groups is 1. The van der Waals surface area contributed by atoms with Gasteiger partial charge in [0.25, 0.3) is 0 Å². The molecule has 25 heavy (non-hydrogen) atoms. The Morgan fingerprint density at radius 2 is 2.00 bits per heavy atom. The third-order valence-electron chi connectivity index (χ3n) is 5.35. The third-order valence-corrected chi connectivity index (χ3v) is 5.60. The highest BCUT2D eigenvalue weighted by molar-refractivity contribution is 14.0. The average molecular weight is 478 g/mol. The van der Waals surface area contributed by atoms with Crippen LogP contribution in [0.2, 0.25) is 5.02 Å². The van der Waals surface area contributed by atoms with E-state index in [1.54, 1.807) is 0 Å². The summed E-state index contributed by atoms with van der Waals surface area (Å²) in [6, 6.07) is 8.30. The van der Waals surface area contributed by atoms with Crippen LogP contribution in [-0.2, 0) is 5.41 Å². The van der Waals surface area contributed by atoms with Crippen LogP contribution in [0, 0.1) is 0 Å². The number of halogens is 2. The zero-order chi connectivity index (χ0) is 17.0. The standard InChI is InChI=1S/C19H28ClN3O.HI/c1-2-21-18(23-12-9-17(24)13-23)22-14-19(10-3-4-11-19)15-5-7-16(20)8-6-15;/h5-8,17,24H,2-4,9-14H2,1H3,(H,21,22);1H/t17-;/m1./s1. The van der Waals surface area contributed by atoms with E-state index >= 15 is 0 Å². The van der Waals surface area contributed by atoms with Crippen LogP contribution in [0.3, 0.4) is 0 Å². The van der Waals surface area contributed by atoms with E-state index in [9.17, 15) is 5.11 Å². The molecule has 0 spiro atoms. The molecule has 1 saturated heterocycles. The highest BCUT2D eigenvalue weighted by Gasteiger charge is 2.36. The van der Waals surface area contributed by atoms with E-state index in [0.717, 1.165) is 37.0 Å². The highest BCUT2D eigenvalue weighted by Crippen LogP contribution is 2.41. The minimum Gasteiger partial charge on any atom is -0.391 e. The molecule has 0 radical (unpaired) electrons. The first kappa shape index (κ1) is 20.8. The Balaban J connectivity index is 0.00000225. The van der Waals surface area contributed by atoms with E-state index < -0.39 is 0 Å². The van der Waals surface area contributed by atoms with E-state index in [2.05, 4.69) is 29.3 Å². The third kappa shape index (κ3) is 5.01. The summed E-state index contributed by atoms with van der Waals surface area (Å²) in [4.78, 5) is 7.15. The van der Waals surface area contributed by atoms with Gasteiger partial charge in [0, 0.05) is 30.1 Å². The van der Waals surface area contributed by atoms with E-state index in [1.165, 1.54) is 31.2 Å². The second-order valence-corrected chi connectivity index (χ2v) is 7.49. The molecule has 1 aliphatic heterocycles. The van der Waals surface area contributed by atoms with Crippen LogP contribution in [0.15, 0.2) is 29.3 Å². The summed E-state index contributed by atoms with van der Waals surface area (Å²) < 4.78 is 0. The quantitative estimate of drug-likeness (QED) is 0.394. The van der Waals surface area contributed by atoms with Crippen molar-refractivity contribution in [3.63, 3.8) is 0 Å². The zero-order valence-electron chi connectivity index (χ0n) is 14.9. The molecule has 0 aromatic heterocycles. The van der Waals surface area contributed by atoms with Gasteiger partial charge < -0.3 is 15.3 Å². The van der Waals surface area contributed by atoms with Gasteiger partial charge in [-0.25, -0.2) is 0 Å². The molecule has 0 amide bonds. The molecule has 1 heterocycles. The largest absolute Gasteiger partial charge is 0.391 e. The molecule has 4 nitrogen and oxygen atoms in total. The molecule has 1 atom stereocenters. The molecule has 2 aliphatic rings. The summed E-state index contributed by atoms with van der Waals surface area (Å²) in [5, 5.41) is 14.0. The monoisotopic (exact) mass is 477 g/mol. The van der Waals surface area contributed by atoms with Crippen LogP contribution >= 0.6 is 35.6 Å². The summed E-state index contributed by atoms with van der Waals surface area (Å²) in [5.41, 5.74) is 1.48. The Bertz CT molecular complexity index is 573. The number of aliphatic hydroxyl groups excluding tert-OH is 1. The minimum absolute atomic E-state index is 0. The van der Waals surface area contributed by atoms with Gasteiger partial charge in [0.15, 0.2) is 5.96 Å². The Kier molecular flexibility index (Phi) is 7.83. The van der Waals surface area contributed by atoms with E-state index in [-0.39, 0.29) is 35.5 Å². The Morgan fingerprint density at radius 1 is 1.32 bits per heavy atom. The van der Waals surface area contributed by atoms with Crippen LogP contribution in [0.25, 0.3) is 0 Å². The first-order valence-electron chi connectivity index (χ1n) is 9.10. The number of nitrogens with one attached hydrogen (secondary N) is 1. The van der Waals surface area contributed by atoms with Crippen molar-refractivity contribution in [3.8, 4) is 0 Å². The van der Waals surface area contributed by atoms with Gasteiger partial charge in [0.1, 0.15) is 0 Å². The molecule has 2 N–H and O–H groups in total. The number of β-amino-alcohol motifs (C(OH)–C–C–N with tert-alkyl or cyclic N) is 1. The minimum atomic E-state index is -0.231. The molecule has 1 aliphatic carbocycles. The average Bonchev–Trinajstić information content (AvgIpc) is 3.22. The van der Waals surface area contributed by atoms with Crippen LogP contribution < -0.4 is 5.32 Å². The molecule has 2 fully saturated rings. The van der Waals surface area contributed by atoms with Crippen molar-refractivity contribution in [3.05, 3.63) is 34.9 Å². The maximum Gasteiger partial charge on any atom is 0.194 e. The van der Waals surface area contributed by atoms with Crippen LogP contribution in [0.4, 0.5) is 0 Å². The van der Waals surface area contributed by atoms with E-state index in [1.807, 2.05) is 12.1 Å².